The Labute approximate surface area is 90.8 Å². The second kappa shape index (κ2) is 3.63. The Morgan fingerprint density at radius 3 is 1.53 bits per heavy atom. The Morgan fingerprint density at radius 1 is 0.733 bits per heavy atom. The molecule has 1 aliphatic heterocycles. The van der Waals surface area contributed by atoms with Crippen LogP contribution in [0.1, 0.15) is 33.4 Å². The molecular formula is C13H16N2. The van der Waals surface area contributed by atoms with Crippen LogP contribution in [0.4, 0.5) is 0 Å². The molecule has 2 heteroatoms. The van der Waals surface area contributed by atoms with E-state index in [2.05, 4.69) is 43.7 Å². The molecule has 0 aromatic heterocycles. The van der Waals surface area contributed by atoms with E-state index in [0.717, 1.165) is 13.1 Å². The summed E-state index contributed by atoms with van der Waals surface area (Å²) in [5.41, 5.74) is 8.23. The molecule has 2 rings (SSSR count). The van der Waals surface area contributed by atoms with E-state index >= 15 is 0 Å². The van der Waals surface area contributed by atoms with Gasteiger partial charge in [0.15, 0.2) is 0 Å². The van der Waals surface area contributed by atoms with Crippen molar-refractivity contribution < 1.29 is 0 Å². The van der Waals surface area contributed by atoms with Crippen LogP contribution in [0.5, 0.6) is 0 Å². The van der Waals surface area contributed by atoms with Crippen molar-refractivity contribution in [2.24, 2.45) is 9.98 Å². The lowest BCUT2D eigenvalue weighted by molar-refractivity contribution is 0.967. The SMILES string of the molecule is Cc1c(C)c(C)c2c(c1C)CN=C=NC2. The fourth-order valence-electron chi connectivity index (χ4n) is 2.17. The van der Waals surface area contributed by atoms with Crippen LogP contribution >= 0.6 is 0 Å². The number of rotatable bonds is 0. The fourth-order valence-corrected chi connectivity index (χ4v) is 2.17. The van der Waals surface area contributed by atoms with E-state index in [0.29, 0.717) is 0 Å². The van der Waals surface area contributed by atoms with E-state index < -0.39 is 0 Å². The van der Waals surface area contributed by atoms with E-state index in [4.69, 9.17) is 0 Å². The Morgan fingerprint density at radius 2 is 1.13 bits per heavy atom. The van der Waals surface area contributed by atoms with Gasteiger partial charge in [-0.3, -0.25) is 0 Å². The number of benzene rings is 1. The van der Waals surface area contributed by atoms with Gasteiger partial charge in [-0.2, -0.15) is 0 Å². The first-order valence-corrected chi connectivity index (χ1v) is 5.29. The summed E-state index contributed by atoms with van der Waals surface area (Å²) in [5.74, 6) is 0. The topological polar surface area (TPSA) is 24.7 Å². The van der Waals surface area contributed by atoms with Crippen molar-refractivity contribution in [3.8, 4) is 0 Å². The molecule has 1 heterocycles. The lowest BCUT2D eigenvalue weighted by Gasteiger charge is -2.17. The number of nitrogens with zero attached hydrogens (tertiary/aromatic N) is 2. The normalized spacial score (nSPS) is 13.9. The summed E-state index contributed by atoms with van der Waals surface area (Å²) >= 11 is 0. The van der Waals surface area contributed by atoms with Crippen molar-refractivity contribution in [3.05, 3.63) is 33.4 Å². The van der Waals surface area contributed by atoms with Gasteiger partial charge in [-0.05, 0) is 61.1 Å². The van der Waals surface area contributed by atoms with E-state index in [1.807, 2.05) is 0 Å². The highest BCUT2D eigenvalue weighted by Gasteiger charge is 2.14. The standard InChI is InChI=1S/C13H16N2/c1-8-9(2)11(4)13-6-15-7-14-5-12(13)10(8)3/h5-6H2,1-4H3. The zero-order chi connectivity index (χ0) is 11.0. The number of fused-ring (bicyclic) bond motifs is 1. The molecule has 0 N–H and O–H groups in total. The third kappa shape index (κ3) is 1.51. The minimum Gasteiger partial charge on any atom is -0.221 e. The Kier molecular flexibility index (Phi) is 2.45. The molecular weight excluding hydrogens is 184 g/mol. The van der Waals surface area contributed by atoms with E-state index in [-0.39, 0.29) is 0 Å². The minimum absolute atomic E-state index is 0.729. The maximum atomic E-state index is 4.17. The quantitative estimate of drug-likeness (QED) is 0.614. The molecule has 0 spiro atoms. The predicted molar refractivity (Wildman–Crippen MR) is 62.7 cm³/mol. The third-order valence-corrected chi connectivity index (χ3v) is 3.57. The van der Waals surface area contributed by atoms with E-state index in [9.17, 15) is 0 Å². The molecule has 0 saturated heterocycles. The number of hydrogen-bond donors (Lipinski definition) is 0. The highest BCUT2D eigenvalue weighted by molar-refractivity contribution is 5.53. The average molecular weight is 200 g/mol. The zero-order valence-electron chi connectivity index (χ0n) is 9.81. The molecule has 0 amide bonds. The summed E-state index contributed by atoms with van der Waals surface area (Å²) in [6, 6.07) is 2.74. The van der Waals surface area contributed by atoms with Crippen LogP contribution in [-0.2, 0) is 13.1 Å². The molecule has 1 aromatic carbocycles. The van der Waals surface area contributed by atoms with Crippen molar-refractivity contribution in [3.63, 3.8) is 0 Å². The Hall–Kier alpha value is -1.40. The second-order valence-corrected chi connectivity index (χ2v) is 4.19. The summed E-state index contributed by atoms with van der Waals surface area (Å²) in [6.45, 7) is 10.2. The van der Waals surface area contributed by atoms with Crippen LogP contribution in [0.25, 0.3) is 0 Å². The smallest absolute Gasteiger partial charge is 0.0899 e. The molecule has 1 aliphatic rings. The van der Waals surface area contributed by atoms with E-state index in [1.165, 1.54) is 33.4 Å². The van der Waals surface area contributed by atoms with Crippen LogP contribution in [0.3, 0.4) is 0 Å². The lowest BCUT2D eigenvalue weighted by atomic mass is 9.89. The fraction of sp³-hybridized carbons (Fsp3) is 0.462. The lowest BCUT2D eigenvalue weighted by Crippen LogP contribution is -2.03. The Balaban J connectivity index is 2.74. The largest absolute Gasteiger partial charge is 0.221 e. The third-order valence-electron chi connectivity index (χ3n) is 3.57. The maximum Gasteiger partial charge on any atom is 0.0899 e. The molecule has 1 aromatic rings. The van der Waals surface area contributed by atoms with Gasteiger partial charge in [0.25, 0.3) is 0 Å². The van der Waals surface area contributed by atoms with Gasteiger partial charge >= 0.3 is 0 Å². The molecule has 0 saturated carbocycles. The first-order valence-electron chi connectivity index (χ1n) is 5.29. The van der Waals surface area contributed by atoms with Crippen LogP contribution in [0, 0.1) is 27.7 Å². The molecule has 0 atom stereocenters. The zero-order valence-corrected chi connectivity index (χ0v) is 9.81. The van der Waals surface area contributed by atoms with Crippen molar-refractivity contribution in [1.82, 2.24) is 0 Å². The summed E-state index contributed by atoms with van der Waals surface area (Å²) in [7, 11) is 0. The average Bonchev–Trinajstić information content (AvgIpc) is 2.48. The highest BCUT2D eigenvalue weighted by atomic mass is 14.8. The molecule has 0 unspecified atom stereocenters. The number of hydrogen-bond acceptors (Lipinski definition) is 2. The van der Waals surface area contributed by atoms with Crippen LogP contribution in [0.15, 0.2) is 9.98 Å². The predicted octanol–water partition coefficient (Wildman–Crippen LogP) is 3.11. The van der Waals surface area contributed by atoms with E-state index in [1.54, 1.807) is 0 Å². The van der Waals surface area contributed by atoms with Gasteiger partial charge in [0.05, 0.1) is 19.1 Å². The van der Waals surface area contributed by atoms with Gasteiger partial charge < -0.3 is 0 Å². The summed E-state index contributed by atoms with van der Waals surface area (Å²) in [6.07, 6.45) is 0. The molecule has 0 radical (unpaired) electrons. The molecule has 0 bridgehead atoms. The van der Waals surface area contributed by atoms with Gasteiger partial charge in [0, 0.05) is 0 Å². The highest BCUT2D eigenvalue weighted by Crippen LogP contribution is 2.28. The van der Waals surface area contributed by atoms with Crippen molar-refractivity contribution >= 4 is 6.01 Å². The number of aliphatic imine (C=N–C) groups is 2. The Bertz CT molecular complexity index is 437. The second-order valence-electron chi connectivity index (χ2n) is 4.19. The summed E-state index contributed by atoms with van der Waals surface area (Å²) in [5, 5.41) is 0. The van der Waals surface area contributed by atoms with Crippen LogP contribution < -0.4 is 0 Å². The van der Waals surface area contributed by atoms with Gasteiger partial charge in [-0.1, -0.05) is 0 Å². The first kappa shape index (κ1) is 10.1. The van der Waals surface area contributed by atoms with Crippen molar-refractivity contribution in [2.45, 2.75) is 40.8 Å². The van der Waals surface area contributed by atoms with Gasteiger partial charge in [-0.25, -0.2) is 9.98 Å². The van der Waals surface area contributed by atoms with Crippen molar-refractivity contribution in [1.29, 1.82) is 0 Å². The van der Waals surface area contributed by atoms with Gasteiger partial charge in [0.1, 0.15) is 0 Å². The van der Waals surface area contributed by atoms with Crippen molar-refractivity contribution in [2.75, 3.05) is 0 Å². The van der Waals surface area contributed by atoms with Gasteiger partial charge in [-0.15, -0.1) is 0 Å². The monoisotopic (exact) mass is 200 g/mol. The maximum absolute atomic E-state index is 4.17. The van der Waals surface area contributed by atoms with Crippen LogP contribution in [-0.4, -0.2) is 6.01 Å². The van der Waals surface area contributed by atoms with Gasteiger partial charge in [0.2, 0.25) is 0 Å². The molecule has 2 nitrogen and oxygen atoms in total. The minimum atomic E-state index is 0.729. The summed E-state index contributed by atoms with van der Waals surface area (Å²) in [4.78, 5) is 8.34. The molecule has 15 heavy (non-hydrogen) atoms. The molecule has 0 aliphatic carbocycles. The van der Waals surface area contributed by atoms with Crippen LogP contribution in [0.2, 0.25) is 0 Å². The molecule has 0 fully saturated rings. The summed E-state index contributed by atoms with van der Waals surface area (Å²) < 4.78 is 0. The first-order chi connectivity index (χ1) is 7.13. The molecule has 78 valence electrons.